The van der Waals surface area contributed by atoms with Gasteiger partial charge in [-0.25, -0.2) is 4.98 Å². The lowest BCUT2D eigenvalue weighted by atomic mass is 10.0. The smallest absolute Gasteiger partial charge is 0.124 e. The lowest BCUT2D eigenvalue weighted by Crippen LogP contribution is -2.17. The molecular formula is C20H23N3O. The summed E-state index contributed by atoms with van der Waals surface area (Å²) in [5.41, 5.74) is 1.21. The van der Waals surface area contributed by atoms with Crippen molar-refractivity contribution >= 4 is 10.8 Å². The van der Waals surface area contributed by atoms with Crippen molar-refractivity contribution in [3.8, 4) is 5.75 Å². The first kappa shape index (κ1) is 16.3. The topological polar surface area (TPSA) is 39.1 Å². The van der Waals surface area contributed by atoms with Crippen LogP contribution in [0.3, 0.4) is 0 Å². The zero-order valence-electron chi connectivity index (χ0n) is 13.8. The van der Waals surface area contributed by atoms with Crippen LogP contribution in [0.25, 0.3) is 10.8 Å². The molecule has 0 unspecified atom stereocenters. The summed E-state index contributed by atoms with van der Waals surface area (Å²) < 4.78 is 7.94. The van der Waals surface area contributed by atoms with Crippen LogP contribution in [0.15, 0.2) is 67.8 Å². The highest BCUT2D eigenvalue weighted by atomic mass is 16.5. The summed E-state index contributed by atoms with van der Waals surface area (Å²) in [6, 6.07) is 12.6. The van der Waals surface area contributed by atoms with Crippen LogP contribution in [0.2, 0.25) is 0 Å². The van der Waals surface area contributed by atoms with Crippen LogP contribution in [0, 0.1) is 0 Å². The molecule has 0 bridgehead atoms. The number of rotatable bonds is 9. The predicted octanol–water partition coefficient (Wildman–Crippen LogP) is 3.78. The fraction of sp³-hybridized carbons (Fsp3) is 0.250. The average molecular weight is 321 g/mol. The number of imidazole rings is 1. The van der Waals surface area contributed by atoms with Gasteiger partial charge in [-0.3, -0.25) is 0 Å². The summed E-state index contributed by atoms with van der Waals surface area (Å²) in [5, 5.41) is 6.01. The second-order valence-corrected chi connectivity index (χ2v) is 5.69. The van der Waals surface area contributed by atoms with E-state index in [1.165, 1.54) is 16.3 Å². The Morgan fingerprint density at radius 2 is 2.12 bits per heavy atom. The molecule has 0 aliphatic heterocycles. The third-order valence-corrected chi connectivity index (χ3v) is 3.99. The van der Waals surface area contributed by atoms with Crippen molar-refractivity contribution < 1.29 is 4.74 Å². The van der Waals surface area contributed by atoms with E-state index in [2.05, 4.69) is 51.8 Å². The molecule has 0 spiro atoms. The van der Waals surface area contributed by atoms with E-state index in [1.807, 2.05) is 24.8 Å². The van der Waals surface area contributed by atoms with Crippen LogP contribution < -0.4 is 10.1 Å². The number of fused-ring (bicyclic) bond motifs is 1. The van der Waals surface area contributed by atoms with Crippen molar-refractivity contribution in [1.82, 2.24) is 14.9 Å². The summed E-state index contributed by atoms with van der Waals surface area (Å²) in [6.45, 7) is 6.96. The molecule has 124 valence electrons. The normalized spacial score (nSPS) is 10.8. The maximum absolute atomic E-state index is 5.84. The molecular weight excluding hydrogens is 298 g/mol. The van der Waals surface area contributed by atoms with E-state index < -0.39 is 0 Å². The summed E-state index contributed by atoms with van der Waals surface area (Å²) in [6.07, 6.45) is 8.49. The first-order valence-corrected chi connectivity index (χ1v) is 8.29. The first-order chi connectivity index (χ1) is 11.9. The van der Waals surface area contributed by atoms with Gasteiger partial charge in [0.2, 0.25) is 0 Å². The van der Waals surface area contributed by atoms with Crippen LogP contribution in [-0.2, 0) is 13.1 Å². The van der Waals surface area contributed by atoms with Crippen molar-refractivity contribution in [3.63, 3.8) is 0 Å². The number of hydrogen-bond donors (Lipinski definition) is 1. The molecule has 0 aliphatic rings. The van der Waals surface area contributed by atoms with Gasteiger partial charge < -0.3 is 14.6 Å². The van der Waals surface area contributed by atoms with Crippen molar-refractivity contribution in [1.29, 1.82) is 0 Å². The van der Waals surface area contributed by atoms with Crippen molar-refractivity contribution in [2.75, 3.05) is 13.2 Å². The number of nitrogens with zero attached hydrogens (tertiary/aromatic N) is 2. The number of aryl methyl sites for hydroxylation is 1. The number of ether oxygens (including phenoxy) is 1. The van der Waals surface area contributed by atoms with Gasteiger partial charge in [-0.2, -0.15) is 0 Å². The fourth-order valence-electron chi connectivity index (χ4n) is 2.80. The quantitative estimate of drug-likeness (QED) is 0.481. The second-order valence-electron chi connectivity index (χ2n) is 5.69. The highest BCUT2D eigenvalue weighted by molar-refractivity contribution is 5.87. The Bertz CT molecular complexity index is 781. The molecule has 4 heteroatoms. The van der Waals surface area contributed by atoms with Gasteiger partial charge in [-0.05, 0) is 29.8 Å². The summed E-state index contributed by atoms with van der Waals surface area (Å²) in [7, 11) is 0. The Morgan fingerprint density at radius 1 is 1.21 bits per heavy atom. The Morgan fingerprint density at radius 3 is 2.96 bits per heavy atom. The van der Waals surface area contributed by atoms with Gasteiger partial charge >= 0.3 is 0 Å². The molecule has 0 aliphatic carbocycles. The monoisotopic (exact) mass is 321 g/mol. The maximum Gasteiger partial charge on any atom is 0.124 e. The van der Waals surface area contributed by atoms with Crippen molar-refractivity contribution in [2.45, 2.75) is 19.5 Å². The van der Waals surface area contributed by atoms with Gasteiger partial charge in [0.05, 0.1) is 6.33 Å². The van der Waals surface area contributed by atoms with Crippen LogP contribution >= 0.6 is 0 Å². The Labute approximate surface area is 142 Å². The van der Waals surface area contributed by atoms with E-state index in [9.17, 15) is 0 Å². The molecule has 3 aromatic rings. The second kappa shape index (κ2) is 8.31. The van der Waals surface area contributed by atoms with Gasteiger partial charge in [0.1, 0.15) is 12.4 Å². The lowest BCUT2D eigenvalue weighted by Gasteiger charge is -2.14. The average Bonchev–Trinajstić information content (AvgIpc) is 3.13. The minimum Gasteiger partial charge on any atom is -0.489 e. The summed E-state index contributed by atoms with van der Waals surface area (Å²) in [5.74, 6) is 0.927. The zero-order chi connectivity index (χ0) is 16.6. The van der Waals surface area contributed by atoms with Crippen molar-refractivity contribution in [2.24, 2.45) is 0 Å². The van der Waals surface area contributed by atoms with Crippen LogP contribution in [-0.4, -0.2) is 22.7 Å². The Kier molecular flexibility index (Phi) is 5.64. The molecule has 0 atom stereocenters. The minimum absolute atomic E-state index is 0.520. The largest absolute Gasteiger partial charge is 0.489 e. The van der Waals surface area contributed by atoms with Gasteiger partial charge in [-0.1, -0.05) is 43.0 Å². The molecule has 24 heavy (non-hydrogen) atoms. The molecule has 2 aromatic carbocycles. The lowest BCUT2D eigenvalue weighted by molar-refractivity contribution is 0.358. The van der Waals surface area contributed by atoms with E-state index in [-0.39, 0.29) is 0 Å². The third kappa shape index (κ3) is 4.03. The molecule has 3 rings (SSSR count). The maximum atomic E-state index is 5.84. The zero-order valence-corrected chi connectivity index (χ0v) is 13.8. The van der Waals surface area contributed by atoms with E-state index in [0.717, 1.165) is 31.8 Å². The Balaban J connectivity index is 1.65. The van der Waals surface area contributed by atoms with E-state index in [1.54, 1.807) is 6.08 Å². The number of nitrogens with one attached hydrogen (secondary N) is 1. The van der Waals surface area contributed by atoms with Crippen LogP contribution in [0.5, 0.6) is 5.75 Å². The molecule has 4 nitrogen and oxygen atoms in total. The van der Waals surface area contributed by atoms with Gasteiger partial charge in [0.25, 0.3) is 0 Å². The highest BCUT2D eigenvalue weighted by Crippen LogP contribution is 2.28. The van der Waals surface area contributed by atoms with Gasteiger partial charge in [0, 0.05) is 31.0 Å². The molecule has 0 fully saturated rings. The number of aromatic nitrogens is 2. The summed E-state index contributed by atoms with van der Waals surface area (Å²) in [4.78, 5) is 4.06. The molecule has 1 heterocycles. The van der Waals surface area contributed by atoms with Gasteiger partial charge in [0.15, 0.2) is 0 Å². The van der Waals surface area contributed by atoms with E-state index in [0.29, 0.717) is 6.61 Å². The summed E-state index contributed by atoms with van der Waals surface area (Å²) >= 11 is 0. The molecule has 0 radical (unpaired) electrons. The molecule has 1 N–H and O–H groups in total. The predicted molar refractivity (Wildman–Crippen MR) is 98.2 cm³/mol. The Hall–Kier alpha value is -2.59. The van der Waals surface area contributed by atoms with Crippen molar-refractivity contribution in [3.05, 3.63) is 73.3 Å². The highest BCUT2D eigenvalue weighted by Gasteiger charge is 2.08. The van der Waals surface area contributed by atoms with E-state index in [4.69, 9.17) is 4.74 Å². The molecule has 0 saturated carbocycles. The van der Waals surface area contributed by atoms with Gasteiger partial charge in [-0.15, -0.1) is 0 Å². The minimum atomic E-state index is 0.520. The SMILES string of the molecule is C=CCOc1ccc2ccccc2c1CNCCCn1ccnc1. The first-order valence-electron chi connectivity index (χ1n) is 8.29. The third-order valence-electron chi connectivity index (χ3n) is 3.99. The number of benzene rings is 2. The molecule has 0 amide bonds. The van der Waals surface area contributed by atoms with E-state index >= 15 is 0 Å². The standard InChI is InChI=1S/C20H23N3O/c1-2-14-24-20-9-8-17-6-3-4-7-18(17)19(20)15-21-10-5-12-23-13-11-22-16-23/h2-4,6-9,11,13,16,21H,1,5,10,12,14-15H2. The fourth-order valence-corrected chi connectivity index (χ4v) is 2.80. The molecule has 0 saturated heterocycles. The number of hydrogen-bond acceptors (Lipinski definition) is 3. The molecule has 1 aromatic heterocycles. The van der Waals surface area contributed by atoms with Crippen LogP contribution in [0.4, 0.5) is 0 Å². The van der Waals surface area contributed by atoms with Crippen LogP contribution in [0.1, 0.15) is 12.0 Å².